The lowest BCUT2D eigenvalue weighted by Gasteiger charge is -2.28. The minimum absolute atomic E-state index is 0.0536. The molecule has 1 saturated heterocycles. The first-order valence-electron chi connectivity index (χ1n) is 7.72. The van der Waals surface area contributed by atoms with Gasteiger partial charge in [0.1, 0.15) is 18.0 Å². The Morgan fingerprint density at radius 2 is 1.88 bits per heavy atom. The van der Waals surface area contributed by atoms with Gasteiger partial charge in [-0.05, 0) is 24.1 Å². The van der Waals surface area contributed by atoms with Crippen molar-refractivity contribution in [3.05, 3.63) is 41.6 Å². The van der Waals surface area contributed by atoms with Crippen molar-refractivity contribution in [1.82, 2.24) is 10.2 Å². The van der Waals surface area contributed by atoms with E-state index in [1.54, 1.807) is 24.3 Å². The van der Waals surface area contributed by atoms with Gasteiger partial charge in [-0.2, -0.15) is 0 Å². The summed E-state index contributed by atoms with van der Waals surface area (Å²) >= 11 is 0. The average Bonchev–Trinajstić information content (AvgIpc) is 2.84. The summed E-state index contributed by atoms with van der Waals surface area (Å²) in [4.78, 5) is 59.1. The van der Waals surface area contributed by atoms with Crippen LogP contribution in [0.3, 0.4) is 0 Å². The molecule has 1 atom stereocenters. The van der Waals surface area contributed by atoms with Gasteiger partial charge in [0.05, 0.1) is 0 Å². The number of benzene rings is 1. The van der Waals surface area contributed by atoms with E-state index in [-0.39, 0.29) is 18.5 Å². The Balaban J connectivity index is 1.72. The number of hydrogen-bond donors (Lipinski definition) is 2. The molecule has 1 fully saturated rings. The molecule has 8 nitrogen and oxygen atoms in total. The number of piperidine rings is 1. The molecule has 0 saturated carbocycles. The number of nitrogens with one attached hydrogen (secondary N) is 2. The van der Waals surface area contributed by atoms with E-state index in [9.17, 15) is 24.0 Å². The Bertz CT molecular complexity index is 797. The second kappa shape index (κ2) is 6.68. The predicted octanol–water partition coefficient (Wildman–Crippen LogP) is -0.102. The highest BCUT2D eigenvalue weighted by atomic mass is 16.2. The molecule has 25 heavy (non-hydrogen) atoms. The van der Waals surface area contributed by atoms with E-state index in [0.717, 1.165) is 22.8 Å². The predicted molar refractivity (Wildman–Crippen MR) is 85.9 cm³/mol. The van der Waals surface area contributed by atoms with Crippen LogP contribution in [-0.4, -0.2) is 40.9 Å². The maximum atomic E-state index is 12.5. The fourth-order valence-corrected chi connectivity index (χ4v) is 2.77. The number of carbonyl (C=O) groups excluding carboxylic acids is 5. The second-order valence-electron chi connectivity index (χ2n) is 5.73. The van der Waals surface area contributed by atoms with Crippen LogP contribution in [0.15, 0.2) is 36.0 Å². The number of carbonyl (C=O) groups is 5. The molecule has 0 radical (unpaired) electrons. The molecule has 1 unspecified atom stereocenters. The quantitative estimate of drug-likeness (QED) is 0.571. The number of aldehydes is 1. The number of nitrogens with zero attached hydrogens (tertiary/aromatic N) is 1. The van der Waals surface area contributed by atoms with Gasteiger partial charge in [0.15, 0.2) is 0 Å². The number of amides is 4. The van der Waals surface area contributed by atoms with E-state index < -0.39 is 29.7 Å². The van der Waals surface area contributed by atoms with Crippen molar-refractivity contribution in [2.75, 3.05) is 5.32 Å². The van der Waals surface area contributed by atoms with Crippen molar-refractivity contribution < 1.29 is 24.0 Å². The molecule has 1 aromatic carbocycles. The fraction of sp³-hybridized carbons (Fsp3) is 0.235. The molecule has 0 aliphatic carbocycles. The first kappa shape index (κ1) is 16.6. The summed E-state index contributed by atoms with van der Waals surface area (Å²) < 4.78 is 0. The van der Waals surface area contributed by atoms with Crippen LogP contribution in [-0.2, 0) is 30.4 Å². The van der Waals surface area contributed by atoms with E-state index >= 15 is 0 Å². The Morgan fingerprint density at radius 1 is 1.16 bits per heavy atom. The van der Waals surface area contributed by atoms with E-state index in [1.807, 2.05) is 0 Å². The topological polar surface area (TPSA) is 113 Å². The van der Waals surface area contributed by atoms with Gasteiger partial charge in [0.2, 0.25) is 11.8 Å². The van der Waals surface area contributed by atoms with Gasteiger partial charge in [-0.1, -0.05) is 12.1 Å². The molecule has 0 spiro atoms. The van der Waals surface area contributed by atoms with Crippen molar-refractivity contribution in [2.24, 2.45) is 0 Å². The zero-order valence-corrected chi connectivity index (χ0v) is 13.2. The van der Waals surface area contributed by atoms with Crippen molar-refractivity contribution in [3.8, 4) is 0 Å². The van der Waals surface area contributed by atoms with E-state index in [4.69, 9.17) is 0 Å². The lowest BCUT2D eigenvalue weighted by molar-refractivity contribution is -0.149. The van der Waals surface area contributed by atoms with Gasteiger partial charge in [-0.25, -0.2) is 0 Å². The summed E-state index contributed by atoms with van der Waals surface area (Å²) in [5, 5.41) is 4.98. The highest BCUT2D eigenvalue weighted by molar-refractivity contribution is 6.20. The zero-order valence-electron chi connectivity index (χ0n) is 13.2. The van der Waals surface area contributed by atoms with Crippen molar-refractivity contribution >= 4 is 35.6 Å². The molecule has 1 aromatic rings. The smallest absolute Gasteiger partial charge is 0.278 e. The van der Waals surface area contributed by atoms with Crippen LogP contribution in [0.5, 0.6) is 0 Å². The highest BCUT2D eigenvalue weighted by Crippen LogP contribution is 2.22. The summed E-state index contributed by atoms with van der Waals surface area (Å²) in [5.74, 6) is -2.27. The summed E-state index contributed by atoms with van der Waals surface area (Å²) in [7, 11) is 0. The Morgan fingerprint density at radius 3 is 2.52 bits per heavy atom. The van der Waals surface area contributed by atoms with Gasteiger partial charge < -0.3 is 10.1 Å². The SMILES string of the molecule is O=CCc1ccc(NC2=CC(=O)N(C3CCC(=O)NC3=O)C2=O)cc1. The molecule has 0 aromatic heterocycles. The molecule has 4 amide bonds. The average molecular weight is 341 g/mol. The monoisotopic (exact) mass is 341 g/mol. The minimum atomic E-state index is -0.983. The summed E-state index contributed by atoms with van der Waals surface area (Å²) in [6.45, 7) is 0. The van der Waals surface area contributed by atoms with Gasteiger partial charge >= 0.3 is 0 Å². The lowest BCUT2D eigenvalue weighted by Crippen LogP contribution is -2.54. The van der Waals surface area contributed by atoms with E-state index in [1.165, 1.54) is 0 Å². The highest BCUT2D eigenvalue weighted by Gasteiger charge is 2.42. The Labute approximate surface area is 142 Å². The van der Waals surface area contributed by atoms with Crippen LogP contribution < -0.4 is 10.6 Å². The number of hydrogen-bond acceptors (Lipinski definition) is 6. The summed E-state index contributed by atoms with van der Waals surface area (Å²) in [6, 6.07) is 5.86. The minimum Gasteiger partial charge on any atom is -0.351 e. The van der Waals surface area contributed by atoms with Gasteiger partial charge in [-0.3, -0.25) is 29.4 Å². The maximum Gasteiger partial charge on any atom is 0.278 e. The third kappa shape index (κ3) is 3.32. The standard InChI is InChI=1S/C17H15N3O5/c21-8-7-10-1-3-11(4-2-10)18-12-9-15(23)20(17(12)25)13-5-6-14(22)19-16(13)24/h1-4,8-9,13,18H,5-7H2,(H,19,22,24). The van der Waals surface area contributed by atoms with Crippen LogP contribution in [0.25, 0.3) is 0 Å². The van der Waals surface area contributed by atoms with Gasteiger partial charge in [0, 0.05) is 24.6 Å². The summed E-state index contributed by atoms with van der Waals surface area (Å²) in [6.07, 6.45) is 2.41. The molecule has 2 aliphatic heterocycles. The molecule has 8 heteroatoms. The van der Waals surface area contributed by atoms with Crippen molar-refractivity contribution in [2.45, 2.75) is 25.3 Å². The van der Waals surface area contributed by atoms with E-state index in [2.05, 4.69) is 10.6 Å². The van der Waals surface area contributed by atoms with E-state index in [0.29, 0.717) is 12.1 Å². The molecule has 128 valence electrons. The first-order chi connectivity index (χ1) is 12.0. The van der Waals surface area contributed by atoms with Gasteiger partial charge in [0.25, 0.3) is 11.8 Å². The second-order valence-corrected chi connectivity index (χ2v) is 5.73. The van der Waals surface area contributed by atoms with Crippen molar-refractivity contribution in [3.63, 3.8) is 0 Å². The first-order valence-corrected chi connectivity index (χ1v) is 7.72. The third-order valence-electron chi connectivity index (χ3n) is 4.03. The summed E-state index contributed by atoms with van der Waals surface area (Å²) in [5.41, 5.74) is 1.46. The van der Waals surface area contributed by atoms with Crippen molar-refractivity contribution in [1.29, 1.82) is 0 Å². The molecule has 3 rings (SSSR count). The maximum absolute atomic E-state index is 12.5. The van der Waals surface area contributed by atoms with Gasteiger partial charge in [-0.15, -0.1) is 0 Å². The van der Waals surface area contributed by atoms with Crippen LogP contribution in [0.1, 0.15) is 18.4 Å². The molecular weight excluding hydrogens is 326 g/mol. The number of rotatable bonds is 5. The van der Waals surface area contributed by atoms with Crippen LogP contribution in [0.4, 0.5) is 5.69 Å². The number of imide groups is 2. The normalized spacial score (nSPS) is 20.4. The molecule has 2 N–H and O–H groups in total. The van der Waals surface area contributed by atoms with Crippen LogP contribution >= 0.6 is 0 Å². The zero-order chi connectivity index (χ0) is 18.0. The fourth-order valence-electron chi connectivity index (χ4n) is 2.77. The third-order valence-corrected chi connectivity index (χ3v) is 4.03. The largest absolute Gasteiger partial charge is 0.351 e. The Kier molecular flexibility index (Phi) is 4.42. The number of anilines is 1. The molecule has 0 bridgehead atoms. The Hall–Kier alpha value is -3.29. The van der Waals surface area contributed by atoms with Crippen LogP contribution in [0.2, 0.25) is 0 Å². The lowest BCUT2D eigenvalue weighted by atomic mass is 10.0. The molecule has 2 heterocycles. The molecular formula is C17H15N3O5. The molecule has 2 aliphatic rings. The van der Waals surface area contributed by atoms with Crippen LogP contribution in [0, 0.1) is 0 Å².